The Morgan fingerprint density at radius 3 is 2.57 bits per heavy atom. The molecule has 0 saturated carbocycles. The van der Waals surface area contributed by atoms with Crippen molar-refractivity contribution in [3.8, 4) is 0 Å². The topological polar surface area (TPSA) is 81.1 Å². The van der Waals surface area contributed by atoms with Crippen LogP contribution in [0.3, 0.4) is 0 Å². The third-order valence-corrected chi connectivity index (χ3v) is 9.17. The number of hydrogen-bond acceptors (Lipinski definition) is 5. The first-order chi connectivity index (χ1) is 16.8. The Bertz CT molecular complexity index is 1270. The van der Waals surface area contributed by atoms with Crippen molar-refractivity contribution in [1.82, 2.24) is 8.87 Å². The van der Waals surface area contributed by atoms with Gasteiger partial charge in [-0.2, -0.15) is 4.31 Å². The minimum Gasteiger partial charge on any atom is -0.379 e. The van der Waals surface area contributed by atoms with E-state index in [2.05, 4.69) is 24.5 Å². The summed E-state index contributed by atoms with van der Waals surface area (Å²) in [6.45, 7) is 9.62. The Morgan fingerprint density at radius 2 is 1.89 bits per heavy atom. The maximum absolute atomic E-state index is 13.4. The maximum atomic E-state index is 13.4. The molecule has 2 aromatic rings. The second-order valence-corrected chi connectivity index (χ2v) is 11.3. The molecule has 1 amide bonds. The lowest BCUT2D eigenvalue weighted by atomic mass is 10.0. The summed E-state index contributed by atoms with van der Waals surface area (Å²) in [6.07, 6.45) is 4.29. The summed E-state index contributed by atoms with van der Waals surface area (Å²) in [4.78, 5) is 15.3. The highest BCUT2D eigenvalue weighted by molar-refractivity contribution is 7.89. The zero-order chi connectivity index (χ0) is 24.7. The molecule has 0 N–H and O–H groups in total. The van der Waals surface area contributed by atoms with Gasteiger partial charge in [-0.1, -0.05) is 0 Å². The number of benzene rings is 1. The zero-order valence-corrected chi connectivity index (χ0v) is 21.4. The van der Waals surface area contributed by atoms with Crippen LogP contribution >= 0.6 is 0 Å². The summed E-state index contributed by atoms with van der Waals surface area (Å²) in [5, 5.41) is 0. The molecule has 9 heteroatoms. The van der Waals surface area contributed by atoms with Gasteiger partial charge in [-0.15, -0.1) is 0 Å². The Morgan fingerprint density at radius 1 is 1.11 bits per heavy atom. The van der Waals surface area contributed by atoms with Gasteiger partial charge in [0.05, 0.1) is 29.9 Å². The molecule has 4 heterocycles. The number of carbonyl (C=O) groups is 1. The Kier molecular flexibility index (Phi) is 6.61. The minimum absolute atomic E-state index is 0.104. The van der Waals surface area contributed by atoms with Gasteiger partial charge in [0, 0.05) is 55.3 Å². The van der Waals surface area contributed by atoms with Crippen molar-refractivity contribution in [3.05, 3.63) is 46.8 Å². The van der Waals surface area contributed by atoms with Gasteiger partial charge in [-0.25, -0.2) is 8.42 Å². The van der Waals surface area contributed by atoms with Crippen molar-refractivity contribution in [2.45, 2.75) is 51.2 Å². The van der Waals surface area contributed by atoms with E-state index in [1.54, 1.807) is 23.1 Å². The van der Waals surface area contributed by atoms with Crippen LogP contribution in [0.2, 0.25) is 0 Å². The number of hydrogen-bond donors (Lipinski definition) is 0. The predicted molar refractivity (Wildman–Crippen MR) is 135 cm³/mol. The van der Waals surface area contributed by atoms with E-state index in [-0.39, 0.29) is 16.9 Å². The normalized spacial score (nSPS) is 22.4. The summed E-state index contributed by atoms with van der Waals surface area (Å²) in [5.74, 6) is -0.104. The van der Waals surface area contributed by atoms with E-state index in [4.69, 9.17) is 9.47 Å². The van der Waals surface area contributed by atoms with Crippen molar-refractivity contribution in [1.29, 1.82) is 0 Å². The molecule has 1 aromatic carbocycles. The van der Waals surface area contributed by atoms with Crippen LogP contribution in [0.15, 0.2) is 29.2 Å². The van der Waals surface area contributed by atoms with Crippen LogP contribution in [0.25, 0.3) is 11.6 Å². The second-order valence-electron chi connectivity index (χ2n) is 9.37. The highest BCUT2D eigenvalue weighted by atomic mass is 32.2. The third-order valence-electron chi connectivity index (χ3n) is 7.27. The Hall–Kier alpha value is -2.46. The molecule has 0 aliphatic carbocycles. The highest BCUT2D eigenvalue weighted by Crippen LogP contribution is 2.40. The molecule has 3 aliphatic rings. The van der Waals surface area contributed by atoms with Crippen molar-refractivity contribution in [3.63, 3.8) is 0 Å². The number of aromatic nitrogens is 1. The van der Waals surface area contributed by atoms with E-state index in [1.807, 2.05) is 13.0 Å². The molecule has 0 spiro atoms. The van der Waals surface area contributed by atoms with Crippen molar-refractivity contribution in [2.24, 2.45) is 0 Å². The molecule has 2 fully saturated rings. The fraction of sp³-hybridized carbons (Fsp3) is 0.500. The molecule has 1 aromatic heterocycles. The van der Waals surface area contributed by atoms with Gasteiger partial charge >= 0.3 is 0 Å². The molecule has 5 rings (SSSR count). The standard InChI is InChI=1S/C26H33N3O5S/c1-4-28-25-8-7-22(35(31,32)27-9-12-33-13-10-27)16-23(25)24(26(28)30)15-20-14-18(2)29(19(20)3)17-21-6-5-11-34-21/h7-8,14-16,21H,4-6,9-13,17H2,1-3H3/b24-15-/t21-/m0/s1. The fourth-order valence-electron chi connectivity index (χ4n) is 5.29. The number of amides is 1. The van der Waals surface area contributed by atoms with E-state index in [9.17, 15) is 13.2 Å². The monoisotopic (exact) mass is 499 g/mol. The number of rotatable bonds is 6. The van der Waals surface area contributed by atoms with Gasteiger partial charge in [-0.3, -0.25) is 4.79 Å². The summed E-state index contributed by atoms with van der Waals surface area (Å²) in [7, 11) is -3.67. The quantitative estimate of drug-likeness (QED) is 0.570. The summed E-state index contributed by atoms with van der Waals surface area (Å²) < 4.78 is 41.4. The number of sulfonamides is 1. The lowest BCUT2D eigenvalue weighted by Crippen LogP contribution is -2.40. The predicted octanol–water partition coefficient (Wildman–Crippen LogP) is 3.21. The molecule has 188 valence electrons. The average molecular weight is 500 g/mol. The van der Waals surface area contributed by atoms with E-state index in [1.165, 1.54) is 4.31 Å². The van der Waals surface area contributed by atoms with Gasteiger partial charge < -0.3 is 18.9 Å². The van der Waals surface area contributed by atoms with E-state index in [0.717, 1.165) is 48.6 Å². The minimum atomic E-state index is -3.67. The van der Waals surface area contributed by atoms with Gasteiger partial charge in [0.2, 0.25) is 10.0 Å². The summed E-state index contributed by atoms with van der Waals surface area (Å²) in [5.41, 5.74) is 5.10. The first-order valence-electron chi connectivity index (χ1n) is 12.4. The third kappa shape index (κ3) is 4.35. The van der Waals surface area contributed by atoms with Crippen LogP contribution < -0.4 is 4.90 Å². The van der Waals surface area contributed by atoms with Gasteiger partial charge in [0.15, 0.2) is 0 Å². The summed E-state index contributed by atoms with van der Waals surface area (Å²) in [6, 6.07) is 7.11. The van der Waals surface area contributed by atoms with E-state index < -0.39 is 10.0 Å². The molecule has 3 aliphatic heterocycles. The molecule has 8 nitrogen and oxygen atoms in total. The van der Waals surface area contributed by atoms with Gasteiger partial charge in [-0.05, 0) is 69.5 Å². The number of nitrogens with zero attached hydrogens (tertiary/aromatic N) is 3. The SMILES string of the molecule is CCN1C(=O)/C(=C\c2cc(C)n(C[C@@H]3CCCO3)c2C)c2cc(S(=O)(=O)N3CCOCC3)ccc21. The largest absolute Gasteiger partial charge is 0.379 e. The van der Waals surface area contributed by atoms with Crippen molar-refractivity contribution in [2.75, 3.05) is 44.4 Å². The number of aryl methyl sites for hydroxylation is 1. The smallest absolute Gasteiger partial charge is 0.258 e. The lowest BCUT2D eigenvalue weighted by Gasteiger charge is -2.26. The first-order valence-corrected chi connectivity index (χ1v) is 13.8. The van der Waals surface area contributed by atoms with E-state index >= 15 is 0 Å². The molecular weight excluding hydrogens is 466 g/mol. The number of morpholine rings is 1. The van der Waals surface area contributed by atoms with E-state index in [0.29, 0.717) is 44.0 Å². The van der Waals surface area contributed by atoms with Crippen LogP contribution in [0, 0.1) is 13.8 Å². The molecule has 35 heavy (non-hydrogen) atoms. The first kappa shape index (κ1) is 24.2. The lowest BCUT2D eigenvalue weighted by molar-refractivity contribution is -0.112. The maximum Gasteiger partial charge on any atom is 0.258 e. The van der Waals surface area contributed by atoms with Crippen LogP contribution in [-0.4, -0.2) is 68.8 Å². The Labute approximate surface area is 207 Å². The van der Waals surface area contributed by atoms with Crippen LogP contribution in [0.5, 0.6) is 0 Å². The second kappa shape index (κ2) is 9.54. The fourth-order valence-corrected chi connectivity index (χ4v) is 6.72. The van der Waals surface area contributed by atoms with Crippen molar-refractivity contribution >= 4 is 33.3 Å². The highest BCUT2D eigenvalue weighted by Gasteiger charge is 2.34. The molecular formula is C26H33N3O5S. The van der Waals surface area contributed by atoms with Gasteiger partial charge in [0.25, 0.3) is 5.91 Å². The van der Waals surface area contributed by atoms with Crippen LogP contribution in [0.4, 0.5) is 5.69 Å². The van der Waals surface area contributed by atoms with Crippen molar-refractivity contribution < 1.29 is 22.7 Å². The number of fused-ring (bicyclic) bond motifs is 1. The number of carbonyl (C=O) groups excluding carboxylic acids is 1. The number of likely N-dealkylation sites (N-methyl/N-ethyl adjacent to an activating group) is 1. The molecule has 0 bridgehead atoms. The molecule has 0 radical (unpaired) electrons. The number of ether oxygens (including phenoxy) is 2. The zero-order valence-electron chi connectivity index (χ0n) is 20.6. The van der Waals surface area contributed by atoms with Crippen LogP contribution in [-0.2, 0) is 30.8 Å². The molecule has 2 saturated heterocycles. The van der Waals surface area contributed by atoms with Gasteiger partial charge in [0.1, 0.15) is 0 Å². The van der Waals surface area contributed by atoms with Crippen LogP contribution in [0.1, 0.15) is 42.3 Å². The summed E-state index contributed by atoms with van der Waals surface area (Å²) >= 11 is 0. The number of anilines is 1. The Balaban J connectivity index is 1.54. The molecule has 1 atom stereocenters. The average Bonchev–Trinajstić information content (AvgIpc) is 3.54. The molecule has 0 unspecified atom stereocenters.